The molecule has 3 aromatic carbocycles. The molecule has 194 valence electrons. The minimum absolute atomic E-state index is 0.0355. The molecule has 1 aliphatic rings. The van der Waals surface area contributed by atoms with Gasteiger partial charge in [-0.25, -0.2) is 8.96 Å². The molecule has 0 atom stereocenters. The van der Waals surface area contributed by atoms with Crippen LogP contribution in [0.4, 0.5) is 4.39 Å². The topological polar surface area (TPSA) is 17.0 Å². The van der Waals surface area contributed by atoms with E-state index in [0.717, 1.165) is 51.6 Å². The average Bonchev–Trinajstić information content (AvgIpc) is 3.24. The summed E-state index contributed by atoms with van der Waals surface area (Å²) in [4.78, 5) is 0.639. The third-order valence-electron chi connectivity index (χ3n) is 8.72. The van der Waals surface area contributed by atoms with Crippen molar-refractivity contribution in [3.8, 4) is 22.4 Å². The van der Waals surface area contributed by atoms with Crippen LogP contribution >= 0.6 is 11.8 Å². The third-order valence-corrected chi connectivity index (χ3v) is 9.45. The summed E-state index contributed by atoms with van der Waals surface area (Å²) in [7, 11) is 2.05. The van der Waals surface area contributed by atoms with Crippen LogP contribution in [-0.2, 0) is 17.9 Å². The Morgan fingerprint density at radius 1 is 0.842 bits per heavy atom. The first-order chi connectivity index (χ1) is 18.0. The van der Waals surface area contributed by atoms with Crippen LogP contribution in [0.2, 0.25) is 0 Å². The van der Waals surface area contributed by atoms with Gasteiger partial charge >= 0.3 is 0 Å². The van der Waals surface area contributed by atoms with E-state index in [1.165, 1.54) is 22.9 Å². The second-order valence-electron chi connectivity index (χ2n) is 12.1. The van der Waals surface area contributed by atoms with Crippen LogP contribution in [0.3, 0.4) is 0 Å². The monoisotopic (exact) mass is 524 g/mol. The molecule has 0 unspecified atom stereocenters. The Morgan fingerprint density at radius 3 is 2.26 bits per heavy atom. The molecule has 2 nitrogen and oxygen atoms in total. The molecule has 0 N–H and O–H groups in total. The van der Waals surface area contributed by atoms with Crippen LogP contribution in [-0.4, -0.2) is 6.26 Å². The van der Waals surface area contributed by atoms with Gasteiger partial charge in [0.1, 0.15) is 24.0 Å². The highest BCUT2D eigenvalue weighted by molar-refractivity contribution is 7.98. The Hall–Kier alpha value is -3.11. The fourth-order valence-electron chi connectivity index (χ4n) is 6.28. The quantitative estimate of drug-likeness (QED) is 0.173. The number of benzene rings is 3. The van der Waals surface area contributed by atoms with Crippen LogP contribution < -0.4 is 4.57 Å². The zero-order chi connectivity index (χ0) is 27.0. The molecule has 0 fully saturated rings. The number of pyridine rings is 1. The van der Waals surface area contributed by atoms with Gasteiger partial charge in [-0.1, -0.05) is 58.0 Å². The highest BCUT2D eigenvalue weighted by Gasteiger charge is 2.37. The number of hydrogen-bond donors (Lipinski definition) is 0. The molecule has 0 radical (unpaired) electrons. The van der Waals surface area contributed by atoms with Crippen molar-refractivity contribution < 1.29 is 13.4 Å². The van der Waals surface area contributed by atoms with Gasteiger partial charge in [0.05, 0.1) is 11.1 Å². The second-order valence-corrected chi connectivity index (χ2v) is 13.0. The minimum Gasteiger partial charge on any atom is -0.454 e. The zero-order valence-corrected chi connectivity index (χ0v) is 24.1. The first kappa shape index (κ1) is 25.2. The number of aromatic nitrogens is 1. The standard InChI is InChI=1S/C34H35FNOS/c1-20-11-13-22-23-19-27(38-7)30(35)29(32(23)37-31(22)28(20)26-10-8-9-17-36(26)6)21-12-14-24-25(18-21)34(4,5)16-15-33(24,2)3/h8-14,17-19H,15-16H2,1-7H3/q+1. The average molecular weight is 525 g/mol. The lowest BCUT2D eigenvalue weighted by Gasteiger charge is -2.42. The highest BCUT2D eigenvalue weighted by atomic mass is 32.2. The van der Waals surface area contributed by atoms with Crippen LogP contribution in [0, 0.1) is 12.7 Å². The minimum atomic E-state index is -0.208. The molecule has 0 saturated heterocycles. The number of rotatable bonds is 3. The van der Waals surface area contributed by atoms with Crippen molar-refractivity contribution in [3.63, 3.8) is 0 Å². The maximum Gasteiger partial charge on any atom is 0.216 e. The van der Waals surface area contributed by atoms with Gasteiger partial charge in [-0.05, 0) is 71.2 Å². The molecule has 38 heavy (non-hydrogen) atoms. The largest absolute Gasteiger partial charge is 0.454 e. The van der Waals surface area contributed by atoms with Gasteiger partial charge in [0, 0.05) is 27.8 Å². The summed E-state index contributed by atoms with van der Waals surface area (Å²) in [6, 6.07) is 19.0. The van der Waals surface area contributed by atoms with Crippen LogP contribution in [0.1, 0.15) is 57.2 Å². The van der Waals surface area contributed by atoms with E-state index < -0.39 is 0 Å². The lowest BCUT2D eigenvalue weighted by molar-refractivity contribution is -0.660. The molecule has 2 heterocycles. The van der Waals surface area contributed by atoms with Crippen LogP contribution in [0.25, 0.3) is 44.3 Å². The lowest BCUT2D eigenvalue weighted by Crippen LogP contribution is -2.33. The van der Waals surface area contributed by atoms with E-state index in [-0.39, 0.29) is 16.6 Å². The van der Waals surface area contributed by atoms with Crippen molar-refractivity contribution in [2.24, 2.45) is 7.05 Å². The zero-order valence-electron chi connectivity index (χ0n) is 23.3. The number of nitrogens with zero attached hydrogens (tertiary/aromatic N) is 1. The van der Waals surface area contributed by atoms with Gasteiger partial charge in [-0.3, -0.25) is 0 Å². The van der Waals surface area contributed by atoms with Crippen molar-refractivity contribution in [3.05, 3.63) is 83.3 Å². The molecule has 5 aromatic rings. The Morgan fingerprint density at radius 2 is 1.55 bits per heavy atom. The summed E-state index contributed by atoms with van der Waals surface area (Å²) < 4.78 is 25.1. The van der Waals surface area contributed by atoms with E-state index in [1.807, 2.05) is 37.7 Å². The SMILES string of the molecule is CSc1cc2c(oc3c(-c4cccc[n+]4C)c(C)ccc32)c(-c2ccc3c(c2)C(C)(C)CCC3(C)C)c1F. The third kappa shape index (κ3) is 3.71. The van der Waals surface area contributed by atoms with Gasteiger partial charge in [0.2, 0.25) is 5.69 Å². The first-order valence-electron chi connectivity index (χ1n) is 13.4. The van der Waals surface area contributed by atoms with Gasteiger partial charge in [0.25, 0.3) is 0 Å². The fraction of sp³-hybridized carbons (Fsp3) is 0.324. The molecule has 0 spiro atoms. The molecule has 0 bridgehead atoms. The predicted molar refractivity (Wildman–Crippen MR) is 158 cm³/mol. The molecule has 0 saturated carbocycles. The van der Waals surface area contributed by atoms with Crippen molar-refractivity contribution in [2.75, 3.05) is 6.26 Å². The first-order valence-corrected chi connectivity index (χ1v) is 14.6. The van der Waals surface area contributed by atoms with E-state index in [2.05, 4.69) is 75.6 Å². The molecule has 0 amide bonds. The van der Waals surface area contributed by atoms with Gasteiger partial charge < -0.3 is 4.42 Å². The molecule has 0 aliphatic heterocycles. The summed E-state index contributed by atoms with van der Waals surface area (Å²) in [6.45, 7) is 11.4. The summed E-state index contributed by atoms with van der Waals surface area (Å²) >= 11 is 1.44. The number of fused-ring (bicyclic) bond motifs is 4. The van der Waals surface area contributed by atoms with E-state index in [1.54, 1.807) is 0 Å². The van der Waals surface area contributed by atoms with E-state index >= 15 is 4.39 Å². The molecular weight excluding hydrogens is 489 g/mol. The van der Waals surface area contributed by atoms with Crippen molar-refractivity contribution in [1.29, 1.82) is 0 Å². The Balaban J connectivity index is 1.70. The van der Waals surface area contributed by atoms with Gasteiger partial charge in [-0.15, -0.1) is 11.8 Å². The Labute approximate surface area is 228 Å². The molecule has 1 aliphatic carbocycles. The number of furan rings is 1. The van der Waals surface area contributed by atoms with E-state index in [9.17, 15) is 0 Å². The Bertz CT molecular complexity index is 1740. The second kappa shape index (κ2) is 8.71. The summed E-state index contributed by atoms with van der Waals surface area (Å²) in [6.07, 6.45) is 6.24. The normalized spacial score (nSPS) is 16.2. The van der Waals surface area contributed by atoms with Gasteiger partial charge in [0.15, 0.2) is 6.20 Å². The fourth-order valence-corrected chi connectivity index (χ4v) is 6.79. The maximum absolute atomic E-state index is 16.3. The highest BCUT2D eigenvalue weighted by Crippen LogP contribution is 2.49. The molecule has 4 heteroatoms. The lowest BCUT2D eigenvalue weighted by atomic mass is 9.63. The summed E-state index contributed by atoms with van der Waals surface area (Å²) in [5, 5.41) is 1.97. The summed E-state index contributed by atoms with van der Waals surface area (Å²) in [5.74, 6) is -0.208. The number of thioether (sulfide) groups is 1. The van der Waals surface area contributed by atoms with Gasteiger partial charge in [-0.2, -0.15) is 0 Å². The molecule has 2 aromatic heterocycles. The van der Waals surface area contributed by atoms with Crippen molar-refractivity contribution in [1.82, 2.24) is 0 Å². The number of hydrogen-bond acceptors (Lipinski definition) is 2. The van der Waals surface area contributed by atoms with Crippen molar-refractivity contribution in [2.45, 2.75) is 63.2 Å². The smallest absolute Gasteiger partial charge is 0.216 e. The predicted octanol–water partition coefficient (Wildman–Crippen LogP) is 9.26. The molecule has 6 rings (SSSR count). The van der Waals surface area contributed by atoms with Crippen LogP contribution in [0.5, 0.6) is 0 Å². The van der Waals surface area contributed by atoms with E-state index in [0.29, 0.717) is 16.0 Å². The van der Waals surface area contributed by atoms with Crippen LogP contribution in [0.15, 0.2) is 70.1 Å². The molecular formula is C34H35FNOS+. The number of halogens is 1. The maximum atomic E-state index is 16.3. The van der Waals surface area contributed by atoms with Crippen molar-refractivity contribution >= 4 is 33.7 Å². The Kier molecular flexibility index (Phi) is 5.77. The summed E-state index contributed by atoms with van der Waals surface area (Å²) in [5.41, 5.74) is 8.94. The number of aryl methyl sites for hydroxylation is 2. The van der Waals surface area contributed by atoms with E-state index in [4.69, 9.17) is 4.42 Å².